The molecule has 2 aromatic heterocycles. The Hall–Kier alpha value is -1.65. The minimum Gasteiger partial charge on any atom is -0.280 e. The summed E-state index contributed by atoms with van der Waals surface area (Å²) in [6.07, 6.45) is 3.14. The van der Waals surface area contributed by atoms with Crippen molar-refractivity contribution in [2.75, 3.05) is 0 Å². The van der Waals surface area contributed by atoms with Crippen LogP contribution in [0.5, 0.6) is 0 Å². The molecule has 0 saturated heterocycles. The van der Waals surface area contributed by atoms with Crippen molar-refractivity contribution in [3.63, 3.8) is 0 Å². The van der Waals surface area contributed by atoms with Gasteiger partial charge in [-0.05, 0) is 0 Å². The second-order valence-corrected chi connectivity index (χ2v) is 3.21. The van der Waals surface area contributed by atoms with E-state index >= 15 is 0 Å². The Morgan fingerprint density at radius 2 is 2.31 bits per heavy atom. The van der Waals surface area contributed by atoms with E-state index in [0.29, 0.717) is 5.52 Å². The molecule has 0 saturated carbocycles. The van der Waals surface area contributed by atoms with Gasteiger partial charge in [-0.3, -0.25) is 9.20 Å². The summed E-state index contributed by atoms with van der Waals surface area (Å²) in [4.78, 5) is 15.1. The molecule has 2 aromatic rings. The van der Waals surface area contributed by atoms with Gasteiger partial charge in [0.05, 0.1) is 6.20 Å². The maximum Gasteiger partial charge on any atom is 0.290 e. The van der Waals surface area contributed by atoms with Crippen molar-refractivity contribution in [2.45, 2.75) is 19.8 Å². The van der Waals surface area contributed by atoms with Crippen LogP contribution in [0.4, 0.5) is 0 Å². The van der Waals surface area contributed by atoms with Crippen LogP contribution in [0, 0.1) is 0 Å². The van der Waals surface area contributed by atoms with Gasteiger partial charge >= 0.3 is 0 Å². The molecule has 0 aliphatic heterocycles. The van der Waals surface area contributed by atoms with Crippen molar-refractivity contribution in [3.8, 4) is 0 Å². The van der Waals surface area contributed by atoms with Crippen LogP contribution in [0.25, 0.3) is 5.52 Å². The molecule has 1 N–H and O–H groups in total. The number of nitrogens with one attached hydrogen (secondary N) is 1. The number of aromatic nitrogens is 4. The van der Waals surface area contributed by atoms with E-state index < -0.39 is 0 Å². The summed E-state index contributed by atoms with van der Waals surface area (Å²) in [5.41, 5.74) is 0.334. The van der Waals surface area contributed by atoms with E-state index in [1.807, 2.05) is 13.8 Å². The molecule has 0 radical (unpaired) electrons. The number of aromatic amines is 1. The Morgan fingerprint density at radius 1 is 1.54 bits per heavy atom. The lowest BCUT2D eigenvalue weighted by Crippen LogP contribution is -2.15. The first-order chi connectivity index (χ1) is 6.20. The maximum atomic E-state index is 11.2. The van der Waals surface area contributed by atoms with Gasteiger partial charge in [-0.1, -0.05) is 13.8 Å². The lowest BCUT2D eigenvalue weighted by Gasteiger charge is -2.05. The third-order valence-electron chi connectivity index (χ3n) is 1.91. The van der Waals surface area contributed by atoms with Gasteiger partial charge in [-0.15, -0.1) is 0 Å². The van der Waals surface area contributed by atoms with Crippen LogP contribution in [0.1, 0.15) is 25.6 Å². The Labute approximate surface area is 74.4 Å². The number of imidazole rings is 1. The summed E-state index contributed by atoms with van der Waals surface area (Å²) in [5, 5.41) is 6.41. The van der Waals surface area contributed by atoms with Crippen LogP contribution in [-0.4, -0.2) is 19.6 Å². The van der Waals surface area contributed by atoms with Gasteiger partial charge in [0.25, 0.3) is 5.56 Å². The second-order valence-electron chi connectivity index (χ2n) is 3.21. The van der Waals surface area contributed by atoms with Crippen molar-refractivity contribution < 1.29 is 0 Å². The minimum absolute atomic E-state index is 0.207. The number of H-pyrrole nitrogens is 1. The molecule has 2 heterocycles. The van der Waals surface area contributed by atoms with E-state index in [4.69, 9.17) is 0 Å². The van der Waals surface area contributed by atoms with Crippen molar-refractivity contribution in [2.24, 2.45) is 0 Å². The molecule has 0 fully saturated rings. The third-order valence-corrected chi connectivity index (χ3v) is 1.91. The Kier molecular flexibility index (Phi) is 1.65. The Bertz CT molecular complexity index is 482. The highest BCUT2D eigenvalue weighted by atomic mass is 16.1. The fraction of sp³-hybridized carbons (Fsp3) is 0.375. The van der Waals surface area contributed by atoms with Crippen molar-refractivity contribution in [3.05, 3.63) is 28.7 Å². The van der Waals surface area contributed by atoms with Gasteiger partial charge in [0, 0.05) is 5.92 Å². The predicted octanol–water partition coefficient (Wildman–Crippen LogP) is 0.541. The van der Waals surface area contributed by atoms with Crippen LogP contribution < -0.4 is 5.56 Å². The lowest BCUT2D eigenvalue weighted by atomic mass is 10.2. The molecule has 0 unspecified atom stereocenters. The van der Waals surface area contributed by atoms with Crippen LogP contribution in [0.15, 0.2) is 17.3 Å². The Morgan fingerprint density at radius 3 is 3.00 bits per heavy atom. The zero-order chi connectivity index (χ0) is 9.42. The molecule has 2 rings (SSSR count). The van der Waals surface area contributed by atoms with Gasteiger partial charge in [0.1, 0.15) is 17.7 Å². The van der Waals surface area contributed by atoms with E-state index in [1.54, 1.807) is 10.7 Å². The molecule has 0 aromatic carbocycles. The van der Waals surface area contributed by atoms with Gasteiger partial charge < -0.3 is 0 Å². The number of hydrogen-bond donors (Lipinski definition) is 1. The lowest BCUT2D eigenvalue weighted by molar-refractivity contribution is 0.710. The zero-order valence-electron chi connectivity index (χ0n) is 7.48. The quantitative estimate of drug-likeness (QED) is 0.693. The first kappa shape index (κ1) is 7.97. The molecule has 13 heavy (non-hydrogen) atoms. The first-order valence-corrected chi connectivity index (χ1v) is 4.11. The van der Waals surface area contributed by atoms with Crippen LogP contribution in [0.2, 0.25) is 0 Å². The van der Waals surface area contributed by atoms with Crippen molar-refractivity contribution >= 4 is 5.52 Å². The summed E-state index contributed by atoms with van der Waals surface area (Å²) in [6.45, 7) is 4.03. The molecular weight excluding hydrogens is 168 g/mol. The molecular formula is C8H10N4O. The van der Waals surface area contributed by atoms with Gasteiger partial charge in [0.2, 0.25) is 0 Å². The monoisotopic (exact) mass is 178 g/mol. The third kappa shape index (κ3) is 1.12. The van der Waals surface area contributed by atoms with E-state index in [1.165, 1.54) is 6.20 Å². The highest BCUT2D eigenvalue weighted by Gasteiger charge is 2.08. The molecule has 5 nitrogen and oxygen atoms in total. The fourth-order valence-corrected chi connectivity index (χ4v) is 1.27. The average Bonchev–Trinajstić information content (AvgIpc) is 2.53. The summed E-state index contributed by atoms with van der Waals surface area (Å²) in [6, 6.07) is 0. The highest BCUT2D eigenvalue weighted by Crippen LogP contribution is 2.09. The minimum atomic E-state index is -0.207. The van der Waals surface area contributed by atoms with Gasteiger partial charge in [0.15, 0.2) is 0 Å². The van der Waals surface area contributed by atoms with E-state index in [-0.39, 0.29) is 11.5 Å². The highest BCUT2D eigenvalue weighted by molar-refractivity contribution is 5.41. The number of fused-ring (bicyclic) bond motifs is 1. The zero-order valence-corrected chi connectivity index (χ0v) is 7.48. The number of nitrogens with zero attached hydrogens (tertiary/aromatic N) is 3. The Balaban J connectivity index is 2.86. The van der Waals surface area contributed by atoms with E-state index in [2.05, 4.69) is 15.2 Å². The van der Waals surface area contributed by atoms with Crippen LogP contribution in [0.3, 0.4) is 0 Å². The van der Waals surface area contributed by atoms with E-state index in [9.17, 15) is 4.79 Å². The largest absolute Gasteiger partial charge is 0.290 e. The topological polar surface area (TPSA) is 63.0 Å². The molecule has 0 bridgehead atoms. The van der Waals surface area contributed by atoms with Crippen LogP contribution >= 0.6 is 0 Å². The van der Waals surface area contributed by atoms with Crippen LogP contribution in [-0.2, 0) is 0 Å². The maximum absolute atomic E-state index is 11.2. The van der Waals surface area contributed by atoms with Gasteiger partial charge in [-0.25, -0.2) is 10.1 Å². The fourth-order valence-electron chi connectivity index (χ4n) is 1.27. The summed E-state index contributed by atoms with van der Waals surface area (Å²) < 4.78 is 1.71. The van der Waals surface area contributed by atoms with E-state index in [0.717, 1.165) is 5.82 Å². The molecule has 0 spiro atoms. The summed E-state index contributed by atoms with van der Waals surface area (Å²) >= 11 is 0. The average molecular weight is 178 g/mol. The smallest absolute Gasteiger partial charge is 0.280 e. The molecule has 68 valence electrons. The summed E-state index contributed by atoms with van der Waals surface area (Å²) in [7, 11) is 0. The summed E-state index contributed by atoms with van der Waals surface area (Å²) in [5.74, 6) is 1.07. The van der Waals surface area contributed by atoms with Crippen molar-refractivity contribution in [1.29, 1.82) is 0 Å². The standard InChI is InChI=1S/C8H10N4O/c1-5(2)7-10-11-8(13)6-3-9-4-12(6)7/h3-5H,1-2H3,(H,11,13). The SMILES string of the molecule is CC(C)c1n[nH]c(=O)c2cncn12. The number of rotatable bonds is 1. The van der Waals surface area contributed by atoms with Crippen molar-refractivity contribution in [1.82, 2.24) is 19.6 Å². The molecule has 0 aliphatic carbocycles. The molecule has 0 aliphatic rings. The predicted molar refractivity (Wildman–Crippen MR) is 47.7 cm³/mol. The molecule has 0 atom stereocenters. The second kappa shape index (κ2) is 2.69. The van der Waals surface area contributed by atoms with Gasteiger partial charge in [-0.2, -0.15) is 5.10 Å². The normalized spacial score (nSPS) is 11.3. The first-order valence-electron chi connectivity index (χ1n) is 4.11. The molecule has 5 heteroatoms. The number of hydrogen-bond acceptors (Lipinski definition) is 3. The molecule has 0 amide bonds.